The van der Waals surface area contributed by atoms with Crippen LogP contribution in [0.15, 0.2) is 30.3 Å². The molecule has 1 atom stereocenters. The van der Waals surface area contributed by atoms with Crippen LogP contribution in [0.3, 0.4) is 0 Å². The van der Waals surface area contributed by atoms with E-state index in [9.17, 15) is 9.59 Å². The lowest BCUT2D eigenvalue weighted by Crippen LogP contribution is -2.28. The van der Waals surface area contributed by atoms with Crippen molar-refractivity contribution in [2.45, 2.75) is 46.0 Å². The highest BCUT2D eigenvalue weighted by Gasteiger charge is 2.31. The number of carbonyl (C=O) groups is 2. The Balaban J connectivity index is 1.79. The Morgan fingerprint density at radius 2 is 1.84 bits per heavy atom. The van der Waals surface area contributed by atoms with Crippen molar-refractivity contribution in [1.82, 2.24) is 0 Å². The molecule has 1 fully saturated rings. The number of aryl methyl sites for hydroxylation is 1. The van der Waals surface area contributed by atoms with Crippen molar-refractivity contribution in [1.29, 1.82) is 0 Å². The lowest BCUT2D eigenvalue weighted by Gasteiger charge is -2.31. The van der Waals surface area contributed by atoms with Gasteiger partial charge in [0.15, 0.2) is 0 Å². The van der Waals surface area contributed by atoms with E-state index in [0.29, 0.717) is 12.0 Å². The minimum Gasteiger partial charge on any atom is -0.372 e. The quantitative estimate of drug-likeness (QED) is 0.740. The third-order valence-electron chi connectivity index (χ3n) is 6.68. The molecule has 2 aliphatic rings. The molecule has 2 aromatic rings. The van der Waals surface area contributed by atoms with Crippen molar-refractivity contribution in [2.24, 2.45) is 5.73 Å². The molecule has 1 unspecified atom stereocenters. The van der Waals surface area contributed by atoms with Gasteiger partial charge in [-0.15, -0.1) is 0 Å². The number of nitrogens with one attached hydrogen (secondary N) is 1. The van der Waals surface area contributed by atoms with Crippen molar-refractivity contribution >= 4 is 28.9 Å². The summed E-state index contributed by atoms with van der Waals surface area (Å²) in [6, 6.07) is 10.3. The van der Waals surface area contributed by atoms with E-state index in [4.69, 9.17) is 5.73 Å². The number of anilines is 3. The van der Waals surface area contributed by atoms with E-state index >= 15 is 0 Å². The van der Waals surface area contributed by atoms with Crippen LogP contribution in [-0.2, 0) is 4.79 Å². The number of rotatable bonds is 6. The lowest BCUT2D eigenvalue weighted by atomic mass is 9.81. The number of fused-ring (bicyclic) bond motifs is 1. The molecule has 6 heteroatoms. The molecule has 2 amide bonds. The summed E-state index contributed by atoms with van der Waals surface area (Å²) in [5.41, 5.74) is 12.4. The number of primary amides is 1. The number of amides is 2. The Morgan fingerprint density at radius 1 is 1.13 bits per heavy atom. The zero-order valence-electron chi connectivity index (χ0n) is 18.7. The standard InChI is InChI=1S/C25H32N4O2/c1-4-28(5-2)17-8-9-18(16(3)12-17)19-14-24(30)27-22-15-23(29-10-6-7-11-29)21(25(26)31)13-20(19)22/h8-9,12-13,15,19H,4-7,10-11,14H2,1-3H3,(H2,26,31)(H,27,30). The molecule has 6 nitrogen and oxygen atoms in total. The van der Waals surface area contributed by atoms with Gasteiger partial charge in [0.2, 0.25) is 5.91 Å². The number of benzene rings is 2. The number of nitrogens with zero attached hydrogens (tertiary/aromatic N) is 2. The zero-order valence-corrected chi connectivity index (χ0v) is 18.7. The zero-order chi connectivity index (χ0) is 22.1. The van der Waals surface area contributed by atoms with Crippen LogP contribution in [0.25, 0.3) is 0 Å². The first-order valence-corrected chi connectivity index (χ1v) is 11.3. The monoisotopic (exact) mass is 420 g/mol. The highest BCUT2D eigenvalue weighted by atomic mass is 16.2. The van der Waals surface area contributed by atoms with E-state index in [1.807, 2.05) is 12.1 Å². The van der Waals surface area contributed by atoms with Crippen LogP contribution in [0.4, 0.5) is 17.1 Å². The van der Waals surface area contributed by atoms with Crippen LogP contribution in [0.2, 0.25) is 0 Å². The summed E-state index contributed by atoms with van der Waals surface area (Å²) >= 11 is 0. The molecule has 3 N–H and O–H groups in total. The molecule has 1 saturated heterocycles. The van der Waals surface area contributed by atoms with Gasteiger partial charge in [-0.1, -0.05) is 6.07 Å². The summed E-state index contributed by atoms with van der Waals surface area (Å²) in [4.78, 5) is 29.4. The fourth-order valence-electron chi connectivity index (χ4n) is 5.03. The fraction of sp³-hybridized carbons (Fsp3) is 0.440. The molecule has 0 radical (unpaired) electrons. The van der Waals surface area contributed by atoms with E-state index in [1.165, 1.54) is 5.69 Å². The van der Waals surface area contributed by atoms with Gasteiger partial charge < -0.3 is 20.9 Å². The minimum atomic E-state index is -0.422. The average Bonchev–Trinajstić information content (AvgIpc) is 3.28. The van der Waals surface area contributed by atoms with Gasteiger partial charge in [-0.3, -0.25) is 9.59 Å². The molecule has 0 aliphatic carbocycles. The average molecular weight is 421 g/mol. The Hall–Kier alpha value is -3.02. The minimum absolute atomic E-state index is 0.00363. The third kappa shape index (κ3) is 3.99. The van der Waals surface area contributed by atoms with Crippen LogP contribution in [0, 0.1) is 6.92 Å². The van der Waals surface area contributed by atoms with E-state index in [0.717, 1.165) is 67.1 Å². The van der Waals surface area contributed by atoms with Gasteiger partial charge in [-0.25, -0.2) is 0 Å². The molecule has 0 spiro atoms. The largest absolute Gasteiger partial charge is 0.372 e. The van der Waals surface area contributed by atoms with Crippen molar-refractivity contribution < 1.29 is 9.59 Å². The maximum Gasteiger partial charge on any atom is 0.250 e. The van der Waals surface area contributed by atoms with Gasteiger partial charge in [0, 0.05) is 49.9 Å². The van der Waals surface area contributed by atoms with E-state index < -0.39 is 5.91 Å². The third-order valence-corrected chi connectivity index (χ3v) is 6.68. The fourth-order valence-corrected chi connectivity index (χ4v) is 5.03. The molecule has 2 heterocycles. The maximum absolute atomic E-state index is 12.6. The summed E-state index contributed by atoms with van der Waals surface area (Å²) in [5, 5.41) is 3.03. The first-order valence-electron chi connectivity index (χ1n) is 11.3. The molecule has 31 heavy (non-hydrogen) atoms. The van der Waals surface area contributed by atoms with Gasteiger partial charge in [0.05, 0.1) is 11.3 Å². The lowest BCUT2D eigenvalue weighted by molar-refractivity contribution is -0.116. The number of carbonyl (C=O) groups excluding carboxylic acids is 2. The predicted molar refractivity (Wildman–Crippen MR) is 126 cm³/mol. The molecule has 2 aliphatic heterocycles. The summed E-state index contributed by atoms with van der Waals surface area (Å²) in [5.74, 6) is -0.516. The van der Waals surface area contributed by atoms with Gasteiger partial charge in [0.25, 0.3) is 5.91 Å². The van der Waals surface area contributed by atoms with Gasteiger partial charge >= 0.3 is 0 Å². The Morgan fingerprint density at radius 3 is 2.45 bits per heavy atom. The van der Waals surface area contributed by atoms with Crippen LogP contribution < -0.4 is 20.9 Å². The van der Waals surface area contributed by atoms with Crippen LogP contribution in [0.1, 0.15) is 66.1 Å². The molecule has 0 bridgehead atoms. The SMILES string of the molecule is CCN(CC)c1ccc(C2CC(=O)Nc3cc(N4CCCC4)c(C(N)=O)cc32)c(C)c1. The summed E-state index contributed by atoms with van der Waals surface area (Å²) < 4.78 is 0. The van der Waals surface area contributed by atoms with Gasteiger partial charge in [-0.2, -0.15) is 0 Å². The molecular weight excluding hydrogens is 388 g/mol. The number of hydrogen-bond acceptors (Lipinski definition) is 4. The molecular formula is C25H32N4O2. The van der Waals surface area contributed by atoms with Crippen LogP contribution in [-0.4, -0.2) is 38.0 Å². The molecule has 4 rings (SSSR count). The van der Waals surface area contributed by atoms with Crippen LogP contribution >= 0.6 is 0 Å². The Kier molecular flexibility index (Phi) is 5.90. The van der Waals surface area contributed by atoms with E-state index in [2.05, 4.69) is 54.1 Å². The Labute approximate surface area is 184 Å². The summed E-state index contributed by atoms with van der Waals surface area (Å²) in [6.45, 7) is 10.1. The normalized spacial score (nSPS) is 18.0. The second kappa shape index (κ2) is 8.61. The molecule has 0 saturated carbocycles. The van der Waals surface area contributed by atoms with Crippen molar-refractivity contribution in [2.75, 3.05) is 41.3 Å². The summed E-state index contributed by atoms with van der Waals surface area (Å²) in [6.07, 6.45) is 2.56. The number of nitrogens with two attached hydrogens (primary N) is 1. The second-order valence-corrected chi connectivity index (χ2v) is 8.53. The van der Waals surface area contributed by atoms with Crippen molar-refractivity contribution in [3.63, 3.8) is 0 Å². The highest BCUT2D eigenvalue weighted by molar-refractivity contribution is 6.03. The van der Waals surface area contributed by atoms with E-state index in [1.54, 1.807) is 0 Å². The van der Waals surface area contributed by atoms with E-state index in [-0.39, 0.29) is 11.8 Å². The smallest absolute Gasteiger partial charge is 0.250 e. The highest BCUT2D eigenvalue weighted by Crippen LogP contribution is 2.42. The molecule has 0 aromatic heterocycles. The first kappa shape index (κ1) is 21.2. The molecule has 2 aromatic carbocycles. The van der Waals surface area contributed by atoms with Gasteiger partial charge in [-0.05, 0) is 74.6 Å². The van der Waals surface area contributed by atoms with Crippen LogP contribution in [0.5, 0.6) is 0 Å². The number of hydrogen-bond donors (Lipinski definition) is 2. The predicted octanol–water partition coefficient (Wildman–Crippen LogP) is 4.01. The maximum atomic E-state index is 12.6. The second-order valence-electron chi connectivity index (χ2n) is 8.53. The first-order chi connectivity index (χ1) is 14.9. The van der Waals surface area contributed by atoms with Gasteiger partial charge in [0.1, 0.15) is 0 Å². The topological polar surface area (TPSA) is 78.7 Å². The Bertz CT molecular complexity index is 1010. The van der Waals surface area contributed by atoms with Crippen molar-refractivity contribution in [3.8, 4) is 0 Å². The molecule has 164 valence electrons. The summed E-state index contributed by atoms with van der Waals surface area (Å²) in [7, 11) is 0. The van der Waals surface area contributed by atoms with Crippen molar-refractivity contribution in [3.05, 3.63) is 52.6 Å².